The van der Waals surface area contributed by atoms with Crippen LogP contribution < -0.4 is 10.8 Å². The molecule has 5 heteroatoms. The van der Waals surface area contributed by atoms with E-state index < -0.39 is 17.9 Å². The summed E-state index contributed by atoms with van der Waals surface area (Å²) in [6, 6.07) is 3.61. The van der Waals surface area contributed by atoms with Gasteiger partial charge >= 0.3 is 11.9 Å². The van der Waals surface area contributed by atoms with E-state index in [9.17, 15) is 9.59 Å². The molecule has 1 aromatic rings. The summed E-state index contributed by atoms with van der Waals surface area (Å²) in [7, 11) is 2.62. The number of furan rings is 1. The van der Waals surface area contributed by atoms with E-state index in [1.54, 1.807) is 6.07 Å². The zero-order valence-electron chi connectivity index (χ0n) is 13.4. The molecule has 0 saturated heterocycles. The predicted octanol–water partition coefficient (Wildman–Crippen LogP) is 1.45. The number of fused-ring (bicyclic) bond motifs is 3. The standard InChI is InChI=1S/C18H20O5/c1-21-17(19)13-8-7-11-5-3-4-6-12(11)14-9-10-15(23-14)16(13)18(20)22-2/h7,9-10,13H,3-6,8H2,1-2H3/b11-7-,14-12-,16-15+. The fourth-order valence-corrected chi connectivity index (χ4v) is 3.34. The molecule has 2 heterocycles. The van der Waals surface area contributed by atoms with Crippen molar-refractivity contribution in [2.45, 2.75) is 32.1 Å². The van der Waals surface area contributed by atoms with Crippen LogP contribution >= 0.6 is 0 Å². The number of esters is 2. The molecule has 0 amide bonds. The van der Waals surface area contributed by atoms with Gasteiger partial charge in [-0.25, -0.2) is 4.79 Å². The number of rotatable bonds is 2. The number of hydrogen-bond acceptors (Lipinski definition) is 5. The lowest BCUT2D eigenvalue weighted by Crippen LogP contribution is -2.27. The fourth-order valence-electron chi connectivity index (χ4n) is 3.34. The number of ether oxygens (including phenoxy) is 2. The maximum atomic E-state index is 12.2. The van der Waals surface area contributed by atoms with Crippen molar-refractivity contribution >= 4 is 23.1 Å². The third kappa shape index (κ3) is 2.83. The minimum absolute atomic E-state index is 0.224. The summed E-state index contributed by atoms with van der Waals surface area (Å²) >= 11 is 0. The van der Waals surface area contributed by atoms with Crippen LogP contribution in [-0.4, -0.2) is 26.2 Å². The summed E-state index contributed by atoms with van der Waals surface area (Å²) in [4.78, 5) is 24.5. The quantitative estimate of drug-likeness (QED) is 0.773. The topological polar surface area (TPSA) is 65.7 Å². The molecular weight excluding hydrogens is 296 g/mol. The number of hydrogen-bond donors (Lipinski definition) is 0. The first kappa shape index (κ1) is 15.6. The van der Waals surface area contributed by atoms with Crippen molar-refractivity contribution in [3.63, 3.8) is 0 Å². The third-order valence-electron chi connectivity index (χ3n) is 4.52. The van der Waals surface area contributed by atoms with E-state index in [-0.39, 0.29) is 5.57 Å². The molecule has 0 radical (unpaired) electrons. The second-order valence-corrected chi connectivity index (χ2v) is 5.80. The van der Waals surface area contributed by atoms with Crippen LogP contribution in [0.5, 0.6) is 0 Å². The van der Waals surface area contributed by atoms with Crippen LogP contribution in [0.2, 0.25) is 0 Å². The van der Waals surface area contributed by atoms with Gasteiger partial charge in [0.05, 0.1) is 25.7 Å². The Labute approximate surface area is 134 Å². The minimum Gasteiger partial charge on any atom is -0.469 e. The molecule has 3 rings (SSSR count). The van der Waals surface area contributed by atoms with Crippen LogP contribution in [0.4, 0.5) is 0 Å². The van der Waals surface area contributed by atoms with Crippen molar-refractivity contribution in [3.8, 4) is 0 Å². The zero-order chi connectivity index (χ0) is 16.4. The van der Waals surface area contributed by atoms with Crippen molar-refractivity contribution in [2.75, 3.05) is 14.2 Å². The predicted molar refractivity (Wildman–Crippen MR) is 83.5 cm³/mol. The maximum Gasteiger partial charge on any atom is 0.338 e. The Morgan fingerprint density at radius 1 is 1.09 bits per heavy atom. The Bertz CT molecular complexity index is 781. The summed E-state index contributed by atoms with van der Waals surface area (Å²) in [5.41, 5.74) is 3.77. The van der Waals surface area contributed by atoms with Crippen molar-refractivity contribution < 1.29 is 23.5 Å². The van der Waals surface area contributed by atoms with E-state index in [4.69, 9.17) is 13.9 Å². The van der Waals surface area contributed by atoms with Gasteiger partial charge in [-0.1, -0.05) is 6.08 Å². The SMILES string of the molecule is COC(=O)/C1=c2\cc/c(o2)=C2\CCCC\C2=C\CC1C(=O)OC. The molecule has 1 unspecified atom stereocenters. The molecule has 0 aromatic carbocycles. The molecule has 1 fully saturated rings. The van der Waals surface area contributed by atoms with Gasteiger partial charge in [0.15, 0.2) is 0 Å². The monoisotopic (exact) mass is 316 g/mol. The number of methoxy groups -OCH3 is 2. The summed E-state index contributed by atoms with van der Waals surface area (Å²) < 4.78 is 15.7. The van der Waals surface area contributed by atoms with Gasteiger partial charge in [-0.2, -0.15) is 0 Å². The minimum atomic E-state index is -0.722. The molecule has 1 aromatic heterocycles. The summed E-state index contributed by atoms with van der Waals surface area (Å²) in [6.45, 7) is 0. The fraction of sp³-hybridized carbons (Fsp3) is 0.444. The van der Waals surface area contributed by atoms with Crippen LogP contribution in [-0.2, 0) is 19.1 Å². The molecule has 122 valence electrons. The Morgan fingerprint density at radius 2 is 1.83 bits per heavy atom. The van der Waals surface area contributed by atoms with E-state index in [1.165, 1.54) is 25.4 Å². The molecule has 1 atom stereocenters. The normalized spacial score (nSPS) is 27.6. The first-order valence-electron chi connectivity index (χ1n) is 7.84. The Hall–Kier alpha value is -2.30. The van der Waals surface area contributed by atoms with Gasteiger partial charge in [-0.3, -0.25) is 4.79 Å². The summed E-state index contributed by atoms with van der Waals surface area (Å²) in [5.74, 6) is -1.74. The number of carbonyl (C=O) groups excluding carboxylic acids is 2. The molecular formula is C18H20O5. The molecule has 5 nitrogen and oxygen atoms in total. The highest BCUT2D eigenvalue weighted by molar-refractivity contribution is 6.14. The first-order valence-corrected chi connectivity index (χ1v) is 7.84. The lowest BCUT2D eigenvalue weighted by Gasteiger charge is -2.18. The lowest BCUT2D eigenvalue weighted by molar-refractivity contribution is -0.145. The number of allylic oxidation sites excluding steroid dienone is 2. The van der Waals surface area contributed by atoms with Gasteiger partial charge in [0.1, 0.15) is 10.8 Å². The highest BCUT2D eigenvalue weighted by Gasteiger charge is 2.31. The van der Waals surface area contributed by atoms with Gasteiger partial charge < -0.3 is 13.9 Å². The average Bonchev–Trinajstić information content (AvgIpc) is 3.08. The molecule has 0 N–H and O–H groups in total. The molecule has 1 saturated carbocycles. The van der Waals surface area contributed by atoms with Crippen LogP contribution in [0.15, 0.2) is 28.2 Å². The van der Waals surface area contributed by atoms with Gasteiger partial charge in [0.2, 0.25) is 0 Å². The first-order chi connectivity index (χ1) is 11.2. The van der Waals surface area contributed by atoms with Crippen LogP contribution in [0, 0.1) is 5.92 Å². The second-order valence-electron chi connectivity index (χ2n) is 5.80. The molecule has 0 spiro atoms. The average molecular weight is 316 g/mol. The Balaban J connectivity index is 2.26. The van der Waals surface area contributed by atoms with Crippen molar-refractivity contribution in [1.82, 2.24) is 0 Å². The van der Waals surface area contributed by atoms with Gasteiger partial charge in [0, 0.05) is 0 Å². The van der Waals surface area contributed by atoms with Crippen molar-refractivity contribution in [3.05, 3.63) is 34.6 Å². The van der Waals surface area contributed by atoms with E-state index in [0.717, 1.165) is 31.1 Å². The van der Waals surface area contributed by atoms with Crippen LogP contribution in [0.25, 0.3) is 11.1 Å². The largest absolute Gasteiger partial charge is 0.469 e. The smallest absolute Gasteiger partial charge is 0.338 e. The van der Waals surface area contributed by atoms with Gasteiger partial charge in [-0.15, -0.1) is 0 Å². The molecule has 2 bridgehead atoms. The summed E-state index contributed by atoms with van der Waals surface area (Å²) in [5, 5.41) is 0. The van der Waals surface area contributed by atoms with Gasteiger partial charge in [0.25, 0.3) is 0 Å². The maximum absolute atomic E-state index is 12.2. The Kier molecular flexibility index (Phi) is 4.37. The highest BCUT2D eigenvalue weighted by atomic mass is 16.5. The lowest BCUT2D eigenvalue weighted by atomic mass is 9.86. The van der Waals surface area contributed by atoms with Crippen molar-refractivity contribution in [1.29, 1.82) is 0 Å². The molecule has 1 aliphatic carbocycles. The van der Waals surface area contributed by atoms with E-state index >= 15 is 0 Å². The number of carbonyl (C=O) groups is 2. The van der Waals surface area contributed by atoms with Crippen LogP contribution in [0.1, 0.15) is 32.1 Å². The summed E-state index contributed by atoms with van der Waals surface area (Å²) in [6.07, 6.45) is 6.62. The molecule has 2 aliphatic rings. The van der Waals surface area contributed by atoms with Crippen LogP contribution in [0.3, 0.4) is 0 Å². The van der Waals surface area contributed by atoms with E-state index in [1.807, 2.05) is 12.1 Å². The molecule has 23 heavy (non-hydrogen) atoms. The van der Waals surface area contributed by atoms with Crippen molar-refractivity contribution in [2.24, 2.45) is 5.92 Å². The van der Waals surface area contributed by atoms with E-state index in [0.29, 0.717) is 11.8 Å². The Morgan fingerprint density at radius 3 is 2.57 bits per heavy atom. The highest BCUT2D eigenvalue weighted by Crippen LogP contribution is 2.31. The van der Waals surface area contributed by atoms with Gasteiger partial charge in [-0.05, 0) is 55.4 Å². The third-order valence-corrected chi connectivity index (χ3v) is 4.52. The zero-order valence-corrected chi connectivity index (χ0v) is 13.4. The van der Waals surface area contributed by atoms with E-state index in [2.05, 4.69) is 0 Å². The second kappa shape index (κ2) is 6.44. The molecule has 1 aliphatic heterocycles.